The van der Waals surface area contributed by atoms with E-state index in [1.807, 2.05) is 72.5 Å². The van der Waals surface area contributed by atoms with Crippen molar-refractivity contribution in [1.82, 2.24) is 4.73 Å². The van der Waals surface area contributed by atoms with E-state index < -0.39 is 6.10 Å². The van der Waals surface area contributed by atoms with Crippen molar-refractivity contribution >= 4 is 16.6 Å². The standard InChI is InChI=1S/C21H24N2O3/c1-3-22(14-17-9-5-4-6-10-17)20-13-18-11-7-8-12-19(18)23(21(20)25)26-15-16(2)24/h4-13,16,24H,3,14-15H2,1-2H3. The predicted molar refractivity (Wildman–Crippen MR) is 105 cm³/mol. The summed E-state index contributed by atoms with van der Waals surface area (Å²) >= 11 is 0. The predicted octanol–water partition coefficient (Wildman–Crippen LogP) is 2.84. The van der Waals surface area contributed by atoms with Gasteiger partial charge in [-0.25, -0.2) is 0 Å². The summed E-state index contributed by atoms with van der Waals surface area (Å²) in [5.74, 6) is 0. The molecule has 5 heteroatoms. The Bertz CT molecular complexity index is 919. The van der Waals surface area contributed by atoms with Gasteiger partial charge in [0.1, 0.15) is 12.3 Å². The second-order valence-corrected chi connectivity index (χ2v) is 6.33. The van der Waals surface area contributed by atoms with Crippen LogP contribution in [0, 0.1) is 0 Å². The van der Waals surface area contributed by atoms with Crippen LogP contribution in [0.2, 0.25) is 0 Å². The number of rotatable bonds is 7. The fourth-order valence-corrected chi connectivity index (χ4v) is 2.93. The Kier molecular flexibility index (Phi) is 5.58. The molecule has 0 aliphatic rings. The molecule has 3 rings (SSSR count). The van der Waals surface area contributed by atoms with E-state index in [-0.39, 0.29) is 12.2 Å². The summed E-state index contributed by atoms with van der Waals surface area (Å²) in [6, 6.07) is 19.6. The van der Waals surface area contributed by atoms with Crippen LogP contribution < -0.4 is 15.3 Å². The maximum absolute atomic E-state index is 13.1. The molecular formula is C21H24N2O3. The Morgan fingerprint density at radius 2 is 1.81 bits per heavy atom. The first-order chi connectivity index (χ1) is 12.6. The molecule has 26 heavy (non-hydrogen) atoms. The van der Waals surface area contributed by atoms with Crippen LogP contribution in [0.4, 0.5) is 5.69 Å². The van der Waals surface area contributed by atoms with E-state index >= 15 is 0 Å². The number of benzene rings is 2. The van der Waals surface area contributed by atoms with Gasteiger partial charge in [0.2, 0.25) is 0 Å². The number of aliphatic hydroxyl groups is 1. The van der Waals surface area contributed by atoms with E-state index in [1.165, 1.54) is 4.73 Å². The number of hydrogen-bond acceptors (Lipinski definition) is 4. The van der Waals surface area contributed by atoms with Crippen molar-refractivity contribution in [2.45, 2.75) is 26.5 Å². The number of nitrogens with zero attached hydrogens (tertiary/aromatic N) is 2. The molecule has 1 N–H and O–H groups in total. The summed E-state index contributed by atoms with van der Waals surface area (Å²) in [4.78, 5) is 20.8. The van der Waals surface area contributed by atoms with Crippen LogP contribution in [0.1, 0.15) is 19.4 Å². The normalized spacial score (nSPS) is 12.1. The smallest absolute Gasteiger partial charge is 0.307 e. The third-order valence-electron chi connectivity index (χ3n) is 4.23. The molecule has 1 unspecified atom stereocenters. The molecule has 0 aliphatic carbocycles. The van der Waals surface area contributed by atoms with Crippen LogP contribution in [0.3, 0.4) is 0 Å². The molecule has 0 aliphatic heterocycles. The van der Waals surface area contributed by atoms with E-state index in [0.717, 1.165) is 10.9 Å². The van der Waals surface area contributed by atoms with Gasteiger partial charge in [-0.2, -0.15) is 0 Å². The van der Waals surface area contributed by atoms with Gasteiger partial charge in [0.15, 0.2) is 0 Å². The summed E-state index contributed by atoms with van der Waals surface area (Å²) in [6.45, 7) is 5.04. The minimum atomic E-state index is -0.657. The highest BCUT2D eigenvalue weighted by Crippen LogP contribution is 2.19. The Balaban J connectivity index is 2.06. The lowest BCUT2D eigenvalue weighted by molar-refractivity contribution is 0.0364. The number of aliphatic hydroxyl groups excluding tert-OH is 1. The van der Waals surface area contributed by atoms with Gasteiger partial charge in [0.05, 0.1) is 11.6 Å². The number of pyridine rings is 1. The maximum Gasteiger partial charge on any atom is 0.307 e. The van der Waals surface area contributed by atoms with Crippen molar-refractivity contribution in [3.05, 3.63) is 76.6 Å². The quantitative estimate of drug-likeness (QED) is 0.710. The molecule has 0 amide bonds. The fourth-order valence-electron chi connectivity index (χ4n) is 2.93. The molecule has 136 valence electrons. The number of para-hydroxylation sites is 1. The van der Waals surface area contributed by atoms with E-state index in [9.17, 15) is 9.90 Å². The summed E-state index contributed by atoms with van der Waals surface area (Å²) in [5, 5.41) is 10.5. The zero-order valence-electron chi connectivity index (χ0n) is 15.1. The van der Waals surface area contributed by atoms with Crippen molar-refractivity contribution in [3.8, 4) is 0 Å². The van der Waals surface area contributed by atoms with Gasteiger partial charge >= 0.3 is 5.56 Å². The van der Waals surface area contributed by atoms with Crippen LogP contribution in [0.25, 0.3) is 10.9 Å². The molecule has 0 fully saturated rings. The van der Waals surface area contributed by atoms with Crippen molar-refractivity contribution in [3.63, 3.8) is 0 Å². The van der Waals surface area contributed by atoms with Gasteiger partial charge in [-0.15, -0.1) is 4.73 Å². The number of aromatic nitrogens is 1. The fraction of sp³-hybridized carbons (Fsp3) is 0.286. The molecule has 0 saturated carbocycles. The first-order valence-corrected chi connectivity index (χ1v) is 8.85. The summed E-state index contributed by atoms with van der Waals surface area (Å²) < 4.78 is 1.30. The molecule has 0 saturated heterocycles. The topological polar surface area (TPSA) is 54.7 Å². The lowest BCUT2D eigenvalue weighted by atomic mass is 10.1. The van der Waals surface area contributed by atoms with Crippen LogP contribution in [-0.4, -0.2) is 29.1 Å². The molecule has 1 aromatic heterocycles. The Morgan fingerprint density at radius 3 is 2.50 bits per heavy atom. The van der Waals surface area contributed by atoms with E-state index in [1.54, 1.807) is 6.92 Å². The van der Waals surface area contributed by atoms with Gasteiger partial charge in [0.25, 0.3) is 0 Å². The molecule has 1 atom stereocenters. The summed E-state index contributed by atoms with van der Waals surface area (Å²) in [5.41, 5.74) is 2.19. The zero-order chi connectivity index (χ0) is 18.5. The molecule has 3 aromatic rings. The average Bonchev–Trinajstić information content (AvgIpc) is 2.66. The molecule has 0 spiro atoms. The van der Waals surface area contributed by atoms with Crippen LogP contribution in [-0.2, 0) is 6.54 Å². The monoisotopic (exact) mass is 352 g/mol. The van der Waals surface area contributed by atoms with Crippen molar-refractivity contribution in [1.29, 1.82) is 0 Å². The highest BCUT2D eigenvalue weighted by atomic mass is 16.7. The SMILES string of the molecule is CCN(Cc1ccccc1)c1cc2ccccc2n(OCC(C)O)c1=O. The zero-order valence-corrected chi connectivity index (χ0v) is 15.1. The van der Waals surface area contributed by atoms with Gasteiger partial charge < -0.3 is 14.8 Å². The summed E-state index contributed by atoms with van der Waals surface area (Å²) in [6.07, 6.45) is -0.657. The van der Waals surface area contributed by atoms with E-state index in [4.69, 9.17) is 4.84 Å². The Morgan fingerprint density at radius 1 is 1.12 bits per heavy atom. The van der Waals surface area contributed by atoms with Gasteiger partial charge in [-0.3, -0.25) is 4.79 Å². The van der Waals surface area contributed by atoms with Crippen LogP contribution in [0.5, 0.6) is 0 Å². The number of fused-ring (bicyclic) bond motifs is 1. The highest BCUT2D eigenvalue weighted by Gasteiger charge is 2.16. The maximum atomic E-state index is 13.1. The number of hydrogen-bond donors (Lipinski definition) is 1. The Hall–Kier alpha value is -2.79. The van der Waals surface area contributed by atoms with Gasteiger partial charge in [-0.1, -0.05) is 48.5 Å². The van der Waals surface area contributed by atoms with Crippen molar-refractivity contribution in [2.75, 3.05) is 18.1 Å². The molecular weight excluding hydrogens is 328 g/mol. The van der Waals surface area contributed by atoms with Crippen molar-refractivity contribution in [2.24, 2.45) is 0 Å². The first-order valence-electron chi connectivity index (χ1n) is 8.85. The van der Waals surface area contributed by atoms with Crippen LogP contribution >= 0.6 is 0 Å². The van der Waals surface area contributed by atoms with Crippen molar-refractivity contribution < 1.29 is 9.94 Å². The van der Waals surface area contributed by atoms with Gasteiger partial charge in [-0.05, 0) is 31.5 Å². The second kappa shape index (κ2) is 8.06. The number of anilines is 1. The lowest BCUT2D eigenvalue weighted by Gasteiger charge is -2.24. The molecule has 2 aromatic carbocycles. The third kappa shape index (κ3) is 3.89. The minimum Gasteiger partial charge on any atom is -0.407 e. The van der Waals surface area contributed by atoms with E-state index in [0.29, 0.717) is 24.3 Å². The highest BCUT2D eigenvalue weighted by molar-refractivity contribution is 5.82. The lowest BCUT2D eigenvalue weighted by Crippen LogP contribution is -2.36. The second-order valence-electron chi connectivity index (χ2n) is 6.33. The first kappa shape index (κ1) is 18.0. The summed E-state index contributed by atoms with van der Waals surface area (Å²) in [7, 11) is 0. The molecule has 1 heterocycles. The van der Waals surface area contributed by atoms with E-state index in [2.05, 4.69) is 0 Å². The molecule has 0 bridgehead atoms. The average molecular weight is 352 g/mol. The molecule has 5 nitrogen and oxygen atoms in total. The Labute approximate surface area is 153 Å². The van der Waals surface area contributed by atoms with Gasteiger partial charge in [0, 0.05) is 18.5 Å². The minimum absolute atomic E-state index is 0.0537. The largest absolute Gasteiger partial charge is 0.407 e. The molecule has 0 radical (unpaired) electrons. The third-order valence-corrected chi connectivity index (χ3v) is 4.23. The van der Waals surface area contributed by atoms with Crippen LogP contribution in [0.15, 0.2) is 65.5 Å².